The number of hydrazine groups is 1. The van der Waals surface area contributed by atoms with Gasteiger partial charge in [-0.1, -0.05) is 50.3 Å². The highest BCUT2D eigenvalue weighted by molar-refractivity contribution is 5.92. The van der Waals surface area contributed by atoms with Gasteiger partial charge in [-0.15, -0.1) is 0 Å². The van der Waals surface area contributed by atoms with Gasteiger partial charge in [-0.05, 0) is 66.6 Å². The number of esters is 1. The van der Waals surface area contributed by atoms with Crippen LogP contribution >= 0.6 is 0 Å². The van der Waals surface area contributed by atoms with Crippen LogP contribution in [0.5, 0.6) is 0 Å². The molecular formula is C29H36N4O5. The molecule has 2 aliphatic rings. The minimum atomic E-state index is -0.853. The minimum absolute atomic E-state index is 0.106. The number of carbonyl (C=O) groups excluding carboxylic acids is 4. The van der Waals surface area contributed by atoms with Gasteiger partial charge in [0.15, 0.2) is 0 Å². The normalized spacial score (nSPS) is 26.6. The monoisotopic (exact) mass is 520 g/mol. The Balaban J connectivity index is 1.64. The van der Waals surface area contributed by atoms with Gasteiger partial charge in [0.25, 0.3) is 5.91 Å². The van der Waals surface area contributed by atoms with Crippen LogP contribution in [0, 0.1) is 5.92 Å². The molecule has 2 aromatic carbocycles. The van der Waals surface area contributed by atoms with Crippen molar-refractivity contribution in [2.75, 3.05) is 6.54 Å². The van der Waals surface area contributed by atoms with E-state index in [1.807, 2.05) is 63.2 Å². The molecule has 2 heterocycles. The van der Waals surface area contributed by atoms with Crippen LogP contribution in [0.3, 0.4) is 0 Å². The van der Waals surface area contributed by atoms with Crippen LogP contribution in [-0.2, 0) is 23.9 Å². The average molecular weight is 521 g/mol. The lowest BCUT2D eigenvalue weighted by molar-refractivity contribution is -0.157. The third-order valence-corrected chi connectivity index (χ3v) is 7.00. The van der Waals surface area contributed by atoms with E-state index < -0.39 is 36.1 Å². The maximum Gasteiger partial charge on any atom is 0.325 e. The first-order valence-electron chi connectivity index (χ1n) is 13.2. The van der Waals surface area contributed by atoms with E-state index >= 15 is 0 Å². The third-order valence-electron chi connectivity index (χ3n) is 7.00. The Morgan fingerprint density at radius 1 is 0.974 bits per heavy atom. The topological polar surface area (TPSA) is 117 Å². The van der Waals surface area contributed by atoms with Crippen molar-refractivity contribution in [1.29, 1.82) is 0 Å². The van der Waals surface area contributed by atoms with Crippen molar-refractivity contribution in [2.24, 2.45) is 5.92 Å². The quantitative estimate of drug-likeness (QED) is 0.498. The summed E-state index contributed by atoms with van der Waals surface area (Å²) in [6.07, 6.45) is 4.39. The van der Waals surface area contributed by atoms with Crippen molar-refractivity contribution in [3.05, 3.63) is 53.6 Å². The smallest absolute Gasteiger partial charge is 0.325 e. The zero-order valence-electron chi connectivity index (χ0n) is 22.3. The van der Waals surface area contributed by atoms with Crippen LogP contribution < -0.4 is 16.1 Å². The van der Waals surface area contributed by atoms with Crippen LogP contribution in [0.1, 0.15) is 64.2 Å². The van der Waals surface area contributed by atoms with Gasteiger partial charge >= 0.3 is 5.97 Å². The SMILES string of the molecule is CC(C)[C@@H]1NC(=O)C/C=C/c2ccc3ccc(cc3c2)[C@@H](C)OC(=O)[C@@H]2CCCN(N2)C(=O)[C@H](C)NC1=O. The predicted molar refractivity (Wildman–Crippen MR) is 144 cm³/mol. The van der Waals surface area contributed by atoms with Crippen LogP contribution in [0.15, 0.2) is 42.5 Å². The van der Waals surface area contributed by atoms with Crippen LogP contribution in [0.25, 0.3) is 16.8 Å². The Kier molecular flexibility index (Phi) is 8.46. The first kappa shape index (κ1) is 27.3. The Labute approximate surface area is 222 Å². The Morgan fingerprint density at radius 3 is 2.50 bits per heavy atom. The number of nitrogens with one attached hydrogen (secondary N) is 3. The molecule has 202 valence electrons. The fraction of sp³-hybridized carbons (Fsp3) is 0.448. The number of nitrogens with zero attached hydrogens (tertiary/aromatic N) is 1. The van der Waals surface area contributed by atoms with Gasteiger partial charge in [0.1, 0.15) is 24.2 Å². The van der Waals surface area contributed by atoms with Gasteiger partial charge in [0, 0.05) is 13.0 Å². The molecule has 4 rings (SSSR count). The number of carbonyl (C=O) groups is 4. The standard InChI is InChI=1S/C29H36N4O5/c1-17(2)26-27(35)30-18(3)28(36)33-14-6-8-24(32-33)29(37)38-19(4)22-13-12-21-11-10-20(15-23(21)16-22)7-5-9-25(34)31-26/h5,7,10-13,15-19,24,26,32H,6,8-9,14H2,1-4H3,(H,30,35)(H,31,34)/b7-5+/t18-,19+,24-,26-/m0/s1. The molecule has 0 unspecified atom stereocenters. The molecule has 5 bridgehead atoms. The largest absolute Gasteiger partial charge is 0.457 e. The summed E-state index contributed by atoms with van der Waals surface area (Å²) < 4.78 is 5.78. The van der Waals surface area contributed by atoms with Gasteiger partial charge in [-0.3, -0.25) is 24.2 Å². The summed E-state index contributed by atoms with van der Waals surface area (Å²) in [4.78, 5) is 51.8. The molecule has 3 N–H and O–H groups in total. The molecule has 0 aliphatic carbocycles. The van der Waals surface area contributed by atoms with E-state index in [-0.39, 0.29) is 24.2 Å². The van der Waals surface area contributed by atoms with Crippen LogP contribution in [0.2, 0.25) is 0 Å². The first-order valence-corrected chi connectivity index (χ1v) is 13.2. The van der Waals surface area contributed by atoms with Crippen molar-refractivity contribution in [1.82, 2.24) is 21.1 Å². The number of rotatable bonds is 1. The summed E-state index contributed by atoms with van der Waals surface area (Å²) in [6.45, 7) is 7.49. The van der Waals surface area contributed by atoms with Gasteiger partial charge < -0.3 is 15.4 Å². The minimum Gasteiger partial charge on any atom is -0.457 e. The fourth-order valence-corrected chi connectivity index (χ4v) is 4.75. The van der Waals surface area contributed by atoms with Crippen LogP contribution in [-0.4, -0.2) is 53.4 Å². The lowest BCUT2D eigenvalue weighted by Gasteiger charge is -2.35. The molecular weight excluding hydrogens is 484 g/mol. The van der Waals surface area contributed by atoms with E-state index in [0.717, 1.165) is 21.9 Å². The summed E-state index contributed by atoms with van der Waals surface area (Å²) in [7, 11) is 0. The maximum absolute atomic E-state index is 13.1. The number of amides is 3. The maximum atomic E-state index is 13.1. The summed E-state index contributed by atoms with van der Waals surface area (Å²) in [6, 6.07) is 9.59. The van der Waals surface area contributed by atoms with Crippen molar-refractivity contribution < 1.29 is 23.9 Å². The number of ether oxygens (including phenoxy) is 1. The molecule has 3 amide bonds. The van der Waals surface area contributed by atoms with E-state index in [0.29, 0.717) is 19.4 Å². The average Bonchev–Trinajstić information content (AvgIpc) is 2.90. The zero-order chi connectivity index (χ0) is 27.4. The second-order valence-corrected chi connectivity index (χ2v) is 10.4. The van der Waals surface area contributed by atoms with Crippen molar-refractivity contribution in [3.63, 3.8) is 0 Å². The fourth-order valence-electron chi connectivity index (χ4n) is 4.75. The molecule has 2 aromatic rings. The van der Waals surface area contributed by atoms with E-state index in [1.54, 1.807) is 13.0 Å². The lowest BCUT2D eigenvalue weighted by Crippen LogP contribution is -2.61. The van der Waals surface area contributed by atoms with E-state index in [4.69, 9.17) is 4.74 Å². The summed E-state index contributed by atoms with van der Waals surface area (Å²) in [5, 5.41) is 8.92. The molecule has 0 radical (unpaired) electrons. The van der Waals surface area contributed by atoms with E-state index in [1.165, 1.54) is 5.01 Å². The highest BCUT2D eigenvalue weighted by atomic mass is 16.5. The Morgan fingerprint density at radius 2 is 1.74 bits per heavy atom. The zero-order valence-corrected chi connectivity index (χ0v) is 22.3. The molecule has 9 nitrogen and oxygen atoms in total. The summed E-state index contributed by atoms with van der Waals surface area (Å²) >= 11 is 0. The van der Waals surface area contributed by atoms with Gasteiger partial charge in [-0.2, -0.15) is 0 Å². The Hall–Kier alpha value is -3.72. The molecule has 2 aliphatic heterocycles. The molecule has 0 spiro atoms. The van der Waals surface area contributed by atoms with Gasteiger partial charge in [-0.25, -0.2) is 5.43 Å². The highest BCUT2D eigenvalue weighted by Crippen LogP contribution is 2.25. The summed E-state index contributed by atoms with van der Waals surface area (Å²) in [5.74, 6) is -1.70. The second-order valence-electron chi connectivity index (χ2n) is 10.4. The number of hydrogen-bond donors (Lipinski definition) is 3. The molecule has 1 fully saturated rings. The van der Waals surface area contributed by atoms with Gasteiger partial charge in [0.05, 0.1) is 0 Å². The predicted octanol–water partition coefficient (Wildman–Crippen LogP) is 3.00. The molecule has 1 saturated heterocycles. The molecule has 0 aromatic heterocycles. The number of benzene rings is 2. The van der Waals surface area contributed by atoms with Crippen molar-refractivity contribution in [3.8, 4) is 0 Å². The molecule has 0 saturated carbocycles. The van der Waals surface area contributed by atoms with E-state index in [2.05, 4.69) is 16.1 Å². The third kappa shape index (κ3) is 6.39. The molecule has 38 heavy (non-hydrogen) atoms. The second kappa shape index (κ2) is 11.8. The number of fused-ring (bicyclic) bond motifs is 4. The van der Waals surface area contributed by atoms with Crippen molar-refractivity contribution in [2.45, 2.75) is 71.2 Å². The molecule has 9 heteroatoms. The Bertz CT molecular complexity index is 1260. The lowest BCUT2D eigenvalue weighted by atomic mass is 10.0. The molecule has 4 atom stereocenters. The highest BCUT2D eigenvalue weighted by Gasteiger charge is 2.33. The van der Waals surface area contributed by atoms with Crippen molar-refractivity contribution >= 4 is 40.5 Å². The number of hydrogen-bond acceptors (Lipinski definition) is 6. The summed E-state index contributed by atoms with van der Waals surface area (Å²) in [5.41, 5.74) is 4.77. The van der Waals surface area contributed by atoms with E-state index in [9.17, 15) is 19.2 Å². The number of cyclic esters (lactones) is 1. The van der Waals surface area contributed by atoms with Gasteiger partial charge in [0.2, 0.25) is 11.8 Å². The van der Waals surface area contributed by atoms with Crippen LogP contribution in [0.4, 0.5) is 0 Å². The first-order chi connectivity index (χ1) is 18.1.